The molecule has 5 nitrogen and oxygen atoms in total. The quantitative estimate of drug-likeness (QED) is 0.167. The number of halogens is 5. The monoisotopic (exact) mass is 776 g/mol. The van der Waals surface area contributed by atoms with Crippen molar-refractivity contribution < 1.29 is 4.79 Å². The highest BCUT2D eigenvalue weighted by molar-refractivity contribution is 9.10. The lowest BCUT2D eigenvalue weighted by molar-refractivity contribution is 0.108. The van der Waals surface area contributed by atoms with Gasteiger partial charge in [-0.25, -0.2) is 15.0 Å². The molecule has 45 heavy (non-hydrogen) atoms. The number of benzene rings is 5. The predicted octanol–water partition coefficient (Wildman–Crippen LogP) is 11.3. The SMILES string of the molecule is Clc1cc(Br)cc(-c2nc(-c3ccccc3)nc(-c3ccccc3)n2)c1.N#Cc1ccccc1.O=C(Cl)c1cc(Cl)cc(Br)c1. The Morgan fingerprint density at radius 2 is 1.00 bits per heavy atom. The number of carbonyl (C=O) groups excluding carboxylic acids is 1. The van der Waals surface area contributed by atoms with Gasteiger partial charge in [0.25, 0.3) is 5.24 Å². The zero-order valence-corrected chi connectivity index (χ0v) is 28.7. The summed E-state index contributed by atoms with van der Waals surface area (Å²) in [4.78, 5) is 24.7. The molecule has 0 saturated carbocycles. The molecular weight excluding hydrogens is 759 g/mol. The molecule has 0 N–H and O–H groups in total. The summed E-state index contributed by atoms with van der Waals surface area (Å²) < 4.78 is 1.62. The average molecular weight is 780 g/mol. The van der Waals surface area contributed by atoms with Crippen LogP contribution in [0.15, 0.2) is 136 Å². The van der Waals surface area contributed by atoms with Crippen LogP contribution in [0.5, 0.6) is 0 Å². The molecule has 0 atom stereocenters. The first-order valence-electron chi connectivity index (χ1n) is 13.2. The smallest absolute Gasteiger partial charge is 0.252 e. The Morgan fingerprint density at radius 3 is 1.40 bits per heavy atom. The average Bonchev–Trinajstić information content (AvgIpc) is 3.05. The zero-order chi connectivity index (χ0) is 32.2. The topological polar surface area (TPSA) is 79.5 Å². The molecule has 0 aliphatic rings. The predicted molar refractivity (Wildman–Crippen MR) is 189 cm³/mol. The van der Waals surface area contributed by atoms with Gasteiger partial charge in [-0.1, -0.05) is 134 Å². The number of hydrogen-bond donors (Lipinski definition) is 0. The number of rotatable bonds is 4. The highest BCUT2D eigenvalue weighted by atomic mass is 79.9. The highest BCUT2D eigenvalue weighted by Gasteiger charge is 2.13. The van der Waals surface area contributed by atoms with Crippen LogP contribution in [-0.4, -0.2) is 20.2 Å². The van der Waals surface area contributed by atoms with E-state index in [9.17, 15) is 4.79 Å². The van der Waals surface area contributed by atoms with Crippen LogP contribution in [-0.2, 0) is 0 Å². The Morgan fingerprint density at radius 1 is 0.578 bits per heavy atom. The Labute approximate surface area is 292 Å². The minimum atomic E-state index is -0.506. The van der Waals surface area contributed by atoms with Gasteiger partial charge >= 0.3 is 0 Å². The van der Waals surface area contributed by atoms with Crippen LogP contribution in [0.1, 0.15) is 15.9 Å². The number of nitrogens with zero attached hydrogens (tertiary/aromatic N) is 4. The number of nitriles is 1. The Bertz CT molecular complexity index is 1840. The summed E-state index contributed by atoms with van der Waals surface area (Å²) in [5, 5.41) is 8.89. The lowest BCUT2D eigenvalue weighted by atomic mass is 10.1. The van der Waals surface area contributed by atoms with Crippen molar-refractivity contribution in [1.29, 1.82) is 5.26 Å². The van der Waals surface area contributed by atoms with Crippen LogP contribution in [0.3, 0.4) is 0 Å². The molecule has 0 fully saturated rings. The molecule has 0 aliphatic carbocycles. The molecule has 0 spiro atoms. The fraction of sp³-hybridized carbons (Fsp3) is 0. The van der Waals surface area contributed by atoms with Gasteiger partial charge in [-0.3, -0.25) is 4.79 Å². The fourth-order valence-electron chi connectivity index (χ4n) is 3.80. The van der Waals surface area contributed by atoms with Gasteiger partial charge in [0.05, 0.1) is 11.6 Å². The molecular formula is C35H21Br2Cl3N4O. The van der Waals surface area contributed by atoms with Crippen molar-refractivity contribution in [2.75, 3.05) is 0 Å². The molecule has 10 heteroatoms. The standard InChI is InChI=1S/C21H13BrClN3.C7H3BrCl2O.C7H5N/c22-17-11-16(12-18(23)13-17)21-25-19(14-7-3-1-4-8-14)24-20(26-21)15-9-5-2-6-10-15;8-5-1-4(7(10)11)2-6(9)3-5;8-6-7-4-2-1-3-5-7/h1-13H;1-3H;1-5H. The van der Waals surface area contributed by atoms with E-state index in [1.165, 1.54) is 6.07 Å². The molecule has 0 aliphatic heterocycles. The first kappa shape index (κ1) is 34.0. The van der Waals surface area contributed by atoms with Gasteiger partial charge in [-0.05, 0) is 60.1 Å². The Kier molecular flexibility index (Phi) is 12.8. The van der Waals surface area contributed by atoms with Crippen LogP contribution in [0, 0.1) is 11.3 Å². The first-order chi connectivity index (χ1) is 21.7. The third kappa shape index (κ3) is 10.6. The van der Waals surface area contributed by atoms with E-state index >= 15 is 0 Å². The molecule has 0 bridgehead atoms. The summed E-state index contributed by atoms with van der Waals surface area (Å²) >= 11 is 23.8. The molecule has 222 valence electrons. The minimum Gasteiger partial charge on any atom is -0.276 e. The van der Waals surface area contributed by atoms with Gasteiger partial charge in [-0.2, -0.15) is 5.26 Å². The summed E-state index contributed by atoms with van der Waals surface area (Å²) in [6, 6.07) is 41.4. The Balaban J connectivity index is 0.000000198. The first-order valence-corrected chi connectivity index (χ1v) is 15.9. The van der Waals surface area contributed by atoms with E-state index in [0.717, 1.165) is 25.6 Å². The lowest BCUT2D eigenvalue weighted by Crippen LogP contribution is -2.00. The summed E-state index contributed by atoms with van der Waals surface area (Å²) in [6.07, 6.45) is 0. The summed E-state index contributed by atoms with van der Waals surface area (Å²) in [5.74, 6) is 1.84. The lowest BCUT2D eigenvalue weighted by Gasteiger charge is -2.09. The Hall–Kier alpha value is -3.90. The van der Waals surface area contributed by atoms with Gasteiger partial charge in [0.2, 0.25) is 0 Å². The molecule has 0 saturated heterocycles. The van der Waals surface area contributed by atoms with Crippen molar-refractivity contribution in [1.82, 2.24) is 15.0 Å². The van der Waals surface area contributed by atoms with Crippen molar-refractivity contribution in [3.8, 4) is 40.2 Å². The summed E-state index contributed by atoms with van der Waals surface area (Å²) in [7, 11) is 0. The third-order valence-corrected chi connectivity index (χ3v) is 7.38. The van der Waals surface area contributed by atoms with E-state index in [1.807, 2.05) is 103 Å². The number of aromatic nitrogens is 3. The van der Waals surface area contributed by atoms with Crippen molar-refractivity contribution >= 4 is 71.9 Å². The highest BCUT2D eigenvalue weighted by Crippen LogP contribution is 2.28. The van der Waals surface area contributed by atoms with Crippen molar-refractivity contribution in [2.24, 2.45) is 0 Å². The van der Waals surface area contributed by atoms with Crippen molar-refractivity contribution in [2.45, 2.75) is 0 Å². The molecule has 0 amide bonds. The number of hydrogen-bond acceptors (Lipinski definition) is 5. The molecule has 0 radical (unpaired) electrons. The zero-order valence-electron chi connectivity index (χ0n) is 23.2. The molecule has 5 aromatic carbocycles. The minimum absolute atomic E-state index is 0.394. The van der Waals surface area contributed by atoms with Gasteiger partial charge in [-0.15, -0.1) is 0 Å². The number of carbonyl (C=O) groups is 1. The largest absolute Gasteiger partial charge is 0.276 e. The van der Waals surface area contributed by atoms with Crippen LogP contribution in [0.4, 0.5) is 0 Å². The summed E-state index contributed by atoms with van der Waals surface area (Å²) in [5.41, 5.74) is 3.82. The van der Waals surface area contributed by atoms with Crippen LogP contribution >= 0.6 is 66.7 Å². The maximum absolute atomic E-state index is 10.6. The molecule has 1 heterocycles. The van der Waals surface area contributed by atoms with Crippen LogP contribution in [0.2, 0.25) is 10.0 Å². The molecule has 6 rings (SSSR count). The van der Waals surface area contributed by atoms with Gasteiger partial charge < -0.3 is 0 Å². The molecule has 1 aromatic heterocycles. The summed E-state index contributed by atoms with van der Waals surface area (Å²) in [6.45, 7) is 0. The van der Waals surface area contributed by atoms with Gasteiger partial charge in [0.15, 0.2) is 17.5 Å². The van der Waals surface area contributed by atoms with Crippen LogP contribution < -0.4 is 0 Å². The third-order valence-electron chi connectivity index (χ3n) is 5.81. The maximum Gasteiger partial charge on any atom is 0.252 e. The van der Waals surface area contributed by atoms with E-state index in [4.69, 9.17) is 40.1 Å². The van der Waals surface area contributed by atoms with E-state index in [1.54, 1.807) is 24.3 Å². The van der Waals surface area contributed by atoms with Gasteiger partial charge in [0, 0.05) is 41.2 Å². The van der Waals surface area contributed by atoms with Gasteiger partial charge in [0.1, 0.15) is 0 Å². The fourth-order valence-corrected chi connectivity index (χ4v) is 5.63. The van der Waals surface area contributed by atoms with E-state index in [-0.39, 0.29) is 0 Å². The van der Waals surface area contributed by atoms with E-state index < -0.39 is 5.24 Å². The van der Waals surface area contributed by atoms with E-state index in [0.29, 0.717) is 38.6 Å². The van der Waals surface area contributed by atoms with Crippen molar-refractivity contribution in [3.63, 3.8) is 0 Å². The van der Waals surface area contributed by atoms with Crippen LogP contribution in [0.25, 0.3) is 34.2 Å². The second-order valence-electron chi connectivity index (χ2n) is 9.11. The second kappa shape index (κ2) is 17.0. The maximum atomic E-state index is 10.6. The second-order valence-corrected chi connectivity index (χ2v) is 12.2. The van der Waals surface area contributed by atoms with E-state index in [2.05, 4.69) is 46.8 Å². The molecule has 0 unspecified atom stereocenters. The normalized spacial score (nSPS) is 9.96. The molecule has 6 aromatic rings. The van der Waals surface area contributed by atoms with Crippen molar-refractivity contribution in [3.05, 3.63) is 158 Å².